The van der Waals surface area contributed by atoms with Crippen LogP contribution in [0.2, 0.25) is 0 Å². The minimum absolute atomic E-state index is 0.214. The van der Waals surface area contributed by atoms with E-state index in [1.807, 2.05) is 0 Å². The molecule has 5 heteroatoms. The summed E-state index contributed by atoms with van der Waals surface area (Å²) >= 11 is 0. The Labute approximate surface area is 87.7 Å². The van der Waals surface area contributed by atoms with Crippen molar-refractivity contribution in [1.29, 1.82) is 0 Å². The molecule has 0 N–H and O–H groups in total. The number of methoxy groups -OCH3 is 2. The number of ether oxygens (including phenoxy) is 2. The molecular weight excluding hydrogens is 200 g/mol. The van der Waals surface area contributed by atoms with Gasteiger partial charge in [-0.3, -0.25) is 14.4 Å². The van der Waals surface area contributed by atoms with Gasteiger partial charge in [0.2, 0.25) is 0 Å². The first kappa shape index (κ1) is 11.7. The van der Waals surface area contributed by atoms with E-state index in [-0.39, 0.29) is 12.2 Å². The highest BCUT2D eigenvalue weighted by molar-refractivity contribution is 6.08. The van der Waals surface area contributed by atoms with E-state index in [4.69, 9.17) is 0 Å². The summed E-state index contributed by atoms with van der Waals surface area (Å²) < 4.78 is 9.14. The molecule has 84 valence electrons. The largest absolute Gasteiger partial charge is 0.469 e. The molecule has 0 aliphatic heterocycles. The number of hydrogen-bond donors (Lipinski definition) is 0. The molecular formula is C10H14O5. The second-order valence-electron chi connectivity index (χ2n) is 3.73. The van der Waals surface area contributed by atoms with Crippen LogP contribution >= 0.6 is 0 Å². The zero-order chi connectivity index (χ0) is 11.6. The normalized spacial score (nSPS) is 30.1. The van der Waals surface area contributed by atoms with E-state index in [0.29, 0.717) is 6.42 Å². The summed E-state index contributed by atoms with van der Waals surface area (Å²) in [6.45, 7) is 1.44. The molecule has 0 heterocycles. The number of esters is 2. The van der Waals surface area contributed by atoms with Crippen LogP contribution in [-0.4, -0.2) is 31.9 Å². The molecule has 1 fully saturated rings. The molecule has 15 heavy (non-hydrogen) atoms. The molecule has 0 saturated heterocycles. The lowest BCUT2D eigenvalue weighted by Crippen LogP contribution is -2.42. The van der Waals surface area contributed by atoms with Gasteiger partial charge in [0.1, 0.15) is 5.41 Å². The van der Waals surface area contributed by atoms with Gasteiger partial charge in [0, 0.05) is 6.42 Å². The van der Waals surface area contributed by atoms with Crippen LogP contribution in [0.15, 0.2) is 0 Å². The summed E-state index contributed by atoms with van der Waals surface area (Å²) in [6.07, 6.45) is 0.558. The Morgan fingerprint density at radius 3 is 2.40 bits per heavy atom. The average Bonchev–Trinajstić information content (AvgIpc) is 2.55. The lowest BCUT2D eigenvalue weighted by atomic mass is 9.79. The van der Waals surface area contributed by atoms with E-state index in [2.05, 4.69) is 9.47 Å². The zero-order valence-electron chi connectivity index (χ0n) is 9.03. The van der Waals surface area contributed by atoms with Crippen molar-refractivity contribution in [3.05, 3.63) is 0 Å². The maximum absolute atomic E-state index is 11.6. The van der Waals surface area contributed by atoms with Crippen LogP contribution in [-0.2, 0) is 23.9 Å². The van der Waals surface area contributed by atoms with Crippen LogP contribution in [0.1, 0.15) is 19.8 Å². The molecule has 0 spiro atoms. The second-order valence-corrected chi connectivity index (χ2v) is 3.73. The van der Waals surface area contributed by atoms with Gasteiger partial charge in [0.25, 0.3) is 0 Å². The number of rotatable bonds is 2. The molecule has 0 aromatic heterocycles. The molecule has 0 radical (unpaired) electrons. The summed E-state index contributed by atoms with van der Waals surface area (Å²) in [6, 6.07) is 0. The van der Waals surface area contributed by atoms with Crippen molar-refractivity contribution in [2.45, 2.75) is 19.8 Å². The fourth-order valence-electron chi connectivity index (χ4n) is 1.98. The molecule has 0 bridgehead atoms. The van der Waals surface area contributed by atoms with Gasteiger partial charge in [-0.15, -0.1) is 0 Å². The molecule has 0 amide bonds. The minimum Gasteiger partial charge on any atom is -0.469 e. The Kier molecular flexibility index (Phi) is 3.12. The van der Waals surface area contributed by atoms with E-state index >= 15 is 0 Å². The summed E-state index contributed by atoms with van der Waals surface area (Å²) in [4.78, 5) is 34.6. The zero-order valence-corrected chi connectivity index (χ0v) is 9.03. The molecule has 1 aliphatic carbocycles. The van der Waals surface area contributed by atoms with Crippen LogP contribution < -0.4 is 0 Å². The third-order valence-electron chi connectivity index (χ3n) is 3.03. The van der Waals surface area contributed by atoms with Gasteiger partial charge in [0.05, 0.1) is 20.1 Å². The standard InChI is InChI=1S/C10H14O5/c1-10(9(13)15-3)6(8(12)14-2)4-5-7(10)11/h6H,4-5H2,1-3H3. The first-order chi connectivity index (χ1) is 6.98. The quantitative estimate of drug-likeness (QED) is 0.489. The number of ketones is 1. The number of Topliss-reactive ketones (excluding diaryl/α,β-unsaturated/α-hetero) is 1. The van der Waals surface area contributed by atoms with Gasteiger partial charge in [0.15, 0.2) is 5.78 Å². The highest BCUT2D eigenvalue weighted by atomic mass is 16.5. The van der Waals surface area contributed by atoms with Gasteiger partial charge in [-0.25, -0.2) is 0 Å². The number of hydrogen-bond acceptors (Lipinski definition) is 5. The molecule has 1 saturated carbocycles. The molecule has 1 aliphatic rings. The van der Waals surface area contributed by atoms with Gasteiger partial charge < -0.3 is 9.47 Å². The maximum Gasteiger partial charge on any atom is 0.319 e. The molecule has 0 aromatic rings. The monoisotopic (exact) mass is 214 g/mol. The van der Waals surface area contributed by atoms with Crippen LogP contribution in [0.5, 0.6) is 0 Å². The van der Waals surface area contributed by atoms with Crippen molar-refractivity contribution in [3.63, 3.8) is 0 Å². The first-order valence-electron chi connectivity index (χ1n) is 4.68. The Bertz CT molecular complexity index is 309. The first-order valence-corrected chi connectivity index (χ1v) is 4.68. The lowest BCUT2D eigenvalue weighted by molar-refractivity contribution is -0.166. The Morgan fingerprint density at radius 2 is 1.93 bits per heavy atom. The van der Waals surface area contributed by atoms with Crippen LogP contribution in [0.4, 0.5) is 0 Å². The van der Waals surface area contributed by atoms with Crippen molar-refractivity contribution < 1.29 is 23.9 Å². The smallest absolute Gasteiger partial charge is 0.319 e. The Balaban J connectivity index is 3.04. The highest BCUT2D eigenvalue weighted by Gasteiger charge is 2.56. The van der Waals surface area contributed by atoms with E-state index < -0.39 is 23.3 Å². The number of carbonyl (C=O) groups excluding carboxylic acids is 3. The highest BCUT2D eigenvalue weighted by Crippen LogP contribution is 2.41. The Hall–Kier alpha value is -1.39. The summed E-state index contributed by atoms with van der Waals surface area (Å²) in [7, 11) is 2.44. The van der Waals surface area contributed by atoms with E-state index in [9.17, 15) is 14.4 Å². The molecule has 2 unspecified atom stereocenters. The molecule has 5 nitrogen and oxygen atoms in total. The van der Waals surface area contributed by atoms with Crippen molar-refractivity contribution in [1.82, 2.24) is 0 Å². The summed E-state index contributed by atoms with van der Waals surface area (Å²) in [5, 5.41) is 0. The fourth-order valence-corrected chi connectivity index (χ4v) is 1.98. The minimum atomic E-state index is -1.37. The summed E-state index contributed by atoms with van der Waals surface area (Å²) in [5.74, 6) is -2.18. The summed E-state index contributed by atoms with van der Waals surface area (Å²) in [5.41, 5.74) is -1.37. The van der Waals surface area contributed by atoms with Crippen molar-refractivity contribution >= 4 is 17.7 Å². The lowest BCUT2D eigenvalue weighted by Gasteiger charge is -2.24. The predicted molar refractivity (Wildman–Crippen MR) is 49.9 cm³/mol. The molecule has 1 rings (SSSR count). The van der Waals surface area contributed by atoms with E-state index in [1.165, 1.54) is 21.1 Å². The molecule has 2 atom stereocenters. The topological polar surface area (TPSA) is 69.7 Å². The Morgan fingerprint density at radius 1 is 1.33 bits per heavy atom. The predicted octanol–water partition coefficient (Wildman–Crippen LogP) is 0.318. The van der Waals surface area contributed by atoms with Crippen LogP contribution in [0.25, 0.3) is 0 Å². The van der Waals surface area contributed by atoms with E-state index in [0.717, 1.165) is 0 Å². The van der Waals surface area contributed by atoms with Crippen molar-refractivity contribution in [2.75, 3.05) is 14.2 Å². The third kappa shape index (κ3) is 1.62. The maximum atomic E-state index is 11.6. The average molecular weight is 214 g/mol. The van der Waals surface area contributed by atoms with Crippen molar-refractivity contribution in [2.24, 2.45) is 11.3 Å². The van der Waals surface area contributed by atoms with Crippen LogP contribution in [0.3, 0.4) is 0 Å². The molecule has 0 aromatic carbocycles. The van der Waals surface area contributed by atoms with Gasteiger partial charge in [-0.2, -0.15) is 0 Å². The number of carbonyl (C=O) groups is 3. The SMILES string of the molecule is COC(=O)C1CCC(=O)C1(C)C(=O)OC. The van der Waals surface area contributed by atoms with Gasteiger partial charge >= 0.3 is 11.9 Å². The van der Waals surface area contributed by atoms with Gasteiger partial charge in [-0.1, -0.05) is 0 Å². The van der Waals surface area contributed by atoms with Crippen LogP contribution in [0, 0.1) is 11.3 Å². The second kappa shape index (κ2) is 4.00. The third-order valence-corrected chi connectivity index (χ3v) is 3.03. The van der Waals surface area contributed by atoms with Crippen molar-refractivity contribution in [3.8, 4) is 0 Å². The van der Waals surface area contributed by atoms with Gasteiger partial charge in [-0.05, 0) is 13.3 Å². The van der Waals surface area contributed by atoms with E-state index in [1.54, 1.807) is 0 Å². The fraction of sp³-hybridized carbons (Fsp3) is 0.700.